The Bertz CT molecular complexity index is 911. The molecule has 3 aliphatic heterocycles. The van der Waals surface area contributed by atoms with Gasteiger partial charge in [0.1, 0.15) is 18.9 Å². The monoisotopic (exact) mass is 414 g/mol. The average molecular weight is 415 g/mol. The van der Waals surface area contributed by atoms with E-state index in [0.29, 0.717) is 25.0 Å². The SMILES string of the molecule is CCC1CCCCN1CC1=[N+](Cc2ccc(F)cc2)C2C(=O)N(C)C(=O)N(C)C2=N1. The lowest BCUT2D eigenvalue weighted by atomic mass is 10.00. The molecule has 8 heteroatoms. The van der Waals surface area contributed by atoms with E-state index in [0.717, 1.165) is 35.7 Å². The molecule has 2 atom stereocenters. The number of carbonyl (C=O) groups excluding carboxylic acids is 2. The Balaban J connectivity index is 1.71. The molecule has 2 fully saturated rings. The second-order valence-corrected chi connectivity index (χ2v) is 8.31. The van der Waals surface area contributed by atoms with Crippen LogP contribution in [0.15, 0.2) is 29.3 Å². The number of amides is 3. The summed E-state index contributed by atoms with van der Waals surface area (Å²) in [5.74, 6) is 0.701. The molecule has 3 amide bonds. The zero-order valence-corrected chi connectivity index (χ0v) is 17.8. The molecule has 0 spiro atoms. The van der Waals surface area contributed by atoms with Gasteiger partial charge in [-0.3, -0.25) is 19.5 Å². The number of likely N-dealkylation sites (N-methyl/N-ethyl adjacent to an activating group) is 2. The van der Waals surface area contributed by atoms with Crippen LogP contribution < -0.4 is 0 Å². The molecule has 0 N–H and O–H groups in total. The van der Waals surface area contributed by atoms with E-state index in [9.17, 15) is 14.0 Å². The summed E-state index contributed by atoms with van der Waals surface area (Å²) >= 11 is 0. The lowest BCUT2D eigenvalue weighted by molar-refractivity contribution is -0.552. The number of rotatable bonds is 5. The van der Waals surface area contributed by atoms with Crippen molar-refractivity contribution in [3.63, 3.8) is 0 Å². The molecule has 7 nitrogen and oxygen atoms in total. The second kappa shape index (κ2) is 8.26. The van der Waals surface area contributed by atoms with Gasteiger partial charge in [-0.2, -0.15) is 0 Å². The van der Waals surface area contributed by atoms with E-state index in [1.165, 1.54) is 36.9 Å². The Morgan fingerprint density at radius 3 is 2.57 bits per heavy atom. The smallest absolute Gasteiger partial charge is 0.289 e. The van der Waals surface area contributed by atoms with Crippen LogP contribution in [0.4, 0.5) is 9.18 Å². The van der Waals surface area contributed by atoms with Crippen molar-refractivity contribution in [2.45, 2.75) is 51.2 Å². The first kappa shape index (κ1) is 20.7. The van der Waals surface area contributed by atoms with Gasteiger partial charge in [0, 0.05) is 20.1 Å². The van der Waals surface area contributed by atoms with Crippen LogP contribution in [0.1, 0.15) is 38.2 Å². The maximum absolute atomic E-state index is 13.4. The molecule has 30 heavy (non-hydrogen) atoms. The van der Waals surface area contributed by atoms with Crippen molar-refractivity contribution in [2.24, 2.45) is 4.99 Å². The third-order valence-corrected chi connectivity index (χ3v) is 6.44. The van der Waals surface area contributed by atoms with Crippen molar-refractivity contribution in [3.8, 4) is 0 Å². The van der Waals surface area contributed by atoms with E-state index >= 15 is 0 Å². The molecule has 1 aromatic carbocycles. The summed E-state index contributed by atoms with van der Waals surface area (Å²) in [6.07, 6.45) is 4.64. The fraction of sp³-hybridized carbons (Fsp3) is 0.545. The van der Waals surface area contributed by atoms with Gasteiger partial charge >= 0.3 is 11.9 Å². The predicted molar refractivity (Wildman–Crippen MR) is 112 cm³/mol. The first-order chi connectivity index (χ1) is 14.4. The van der Waals surface area contributed by atoms with Crippen LogP contribution in [0, 0.1) is 5.82 Å². The van der Waals surface area contributed by atoms with Crippen molar-refractivity contribution in [3.05, 3.63) is 35.6 Å². The lowest BCUT2D eigenvalue weighted by Gasteiger charge is -2.34. The summed E-state index contributed by atoms with van der Waals surface area (Å²) in [6.45, 7) is 4.28. The third-order valence-electron chi connectivity index (χ3n) is 6.44. The predicted octanol–water partition coefficient (Wildman–Crippen LogP) is 2.31. The number of fused-ring (bicyclic) bond motifs is 1. The fourth-order valence-electron chi connectivity index (χ4n) is 4.66. The average Bonchev–Trinajstić information content (AvgIpc) is 3.10. The van der Waals surface area contributed by atoms with Gasteiger partial charge in [0.05, 0.1) is 0 Å². The number of likely N-dealkylation sites (tertiary alicyclic amines) is 1. The maximum Gasteiger partial charge on any atom is 0.333 e. The number of imide groups is 1. The van der Waals surface area contributed by atoms with E-state index < -0.39 is 6.04 Å². The van der Waals surface area contributed by atoms with Crippen LogP contribution in [-0.2, 0) is 11.3 Å². The topological polar surface area (TPSA) is 59.2 Å². The first-order valence-electron chi connectivity index (χ1n) is 10.7. The van der Waals surface area contributed by atoms with Crippen LogP contribution >= 0.6 is 0 Å². The normalized spacial score (nSPS) is 25.1. The summed E-state index contributed by atoms with van der Waals surface area (Å²) in [5, 5.41) is 0. The van der Waals surface area contributed by atoms with Gasteiger partial charge in [0.15, 0.2) is 0 Å². The molecule has 3 heterocycles. The fourth-order valence-corrected chi connectivity index (χ4v) is 4.66. The minimum absolute atomic E-state index is 0.278. The molecular weight excluding hydrogens is 385 g/mol. The minimum atomic E-state index is -0.636. The van der Waals surface area contributed by atoms with E-state index in [2.05, 4.69) is 11.8 Å². The number of piperidine rings is 1. The highest BCUT2D eigenvalue weighted by molar-refractivity contribution is 6.23. The van der Waals surface area contributed by atoms with Gasteiger partial charge in [-0.15, -0.1) is 0 Å². The van der Waals surface area contributed by atoms with Gasteiger partial charge in [0.25, 0.3) is 17.8 Å². The molecule has 0 radical (unpaired) electrons. The highest BCUT2D eigenvalue weighted by atomic mass is 19.1. The Morgan fingerprint density at radius 1 is 1.13 bits per heavy atom. The summed E-state index contributed by atoms with van der Waals surface area (Å²) in [7, 11) is 3.16. The molecule has 160 valence electrons. The molecule has 2 unspecified atom stereocenters. The van der Waals surface area contributed by atoms with E-state index in [-0.39, 0.29) is 17.8 Å². The number of halogens is 1. The Kier molecular flexibility index (Phi) is 5.69. The molecule has 3 aliphatic rings. The Labute approximate surface area is 176 Å². The van der Waals surface area contributed by atoms with Crippen molar-refractivity contribution >= 4 is 23.6 Å². The highest BCUT2D eigenvalue weighted by Gasteiger charge is 2.53. The van der Waals surface area contributed by atoms with Gasteiger partial charge in [-0.25, -0.2) is 13.8 Å². The summed E-state index contributed by atoms with van der Waals surface area (Å²) in [6, 6.07) is 5.80. The number of benzene rings is 1. The van der Waals surface area contributed by atoms with Crippen molar-refractivity contribution < 1.29 is 18.6 Å². The van der Waals surface area contributed by atoms with Crippen LogP contribution in [0.2, 0.25) is 0 Å². The number of urea groups is 1. The lowest BCUT2D eigenvalue weighted by Crippen LogP contribution is -2.61. The molecule has 4 rings (SSSR count). The molecule has 0 aromatic heterocycles. The summed E-state index contributed by atoms with van der Waals surface area (Å²) < 4.78 is 15.4. The number of amidine groups is 2. The number of nitrogens with zero attached hydrogens (tertiary/aromatic N) is 5. The van der Waals surface area contributed by atoms with Gasteiger partial charge < -0.3 is 0 Å². The highest BCUT2D eigenvalue weighted by Crippen LogP contribution is 2.24. The molecule has 2 saturated heterocycles. The van der Waals surface area contributed by atoms with Crippen LogP contribution in [0.5, 0.6) is 0 Å². The quantitative estimate of drug-likeness (QED) is 0.695. The molecule has 0 bridgehead atoms. The Morgan fingerprint density at radius 2 is 1.87 bits per heavy atom. The maximum atomic E-state index is 13.4. The largest absolute Gasteiger partial charge is 0.333 e. The summed E-state index contributed by atoms with van der Waals surface area (Å²) in [4.78, 5) is 35.3. The van der Waals surface area contributed by atoms with Gasteiger partial charge in [0.2, 0.25) is 0 Å². The number of carbonyl (C=O) groups is 2. The van der Waals surface area contributed by atoms with Crippen LogP contribution in [0.3, 0.4) is 0 Å². The summed E-state index contributed by atoms with van der Waals surface area (Å²) in [5.41, 5.74) is 0.894. The van der Waals surface area contributed by atoms with Crippen molar-refractivity contribution in [2.75, 3.05) is 27.2 Å². The molecular formula is C22H29FN5O2+. The first-order valence-corrected chi connectivity index (χ1v) is 10.7. The molecule has 1 aromatic rings. The Hall–Kier alpha value is -2.61. The van der Waals surface area contributed by atoms with Crippen molar-refractivity contribution in [1.82, 2.24) is 14.7 Å². The van der Waals surface area contributed by atoms with Crippen molar-refractivity contribution in [1.29, 1.82) is 0 Å². The molecule has 0 aliphatic carbocycles. The minimum Gasteiger partial charge on any atom is -0.289 e. The molecule has 0 saturated carbocycles. The number of aliphatic imine (C=N–C) groups is 1. The van der Waals surface area contributed by atoms with E-state index in [1.807, 2.05) is 4.58 Å². The van der Waals surface area contributed by atoms with E-state index in [1.54, 1.807) is 19.2 Å². The zero-order valence-electron chi connectivity index (χ0n) is 17.8. The van der Waals surface area contributed by atoms with Crippen LogP contribution in [-0.4, -0.2) is 82.2 Å². The third kappa shape index (κ3) is 3.64. The standard InChI is InChI=1S/C22H29FN5O2/c1-4-17-7-5-6-12-27(17)14-18-24-20-19(21(29)26(3)22(30)25(20)2)28(18)13-15-8-10-16(23)11-9-15/h8-11,17,19H,4-7,12-14H2,1-3H3/q+1. The number of hydrogen-bond donors (Lipinski definition) is 0. The number of hydrogen-bond acceptors (Lipinski definition) is 4. The van der Waals surface area contributed by atoms with Gasteiger partial charge in [-0.1, -0.05) is 25.5 Å². The van der Waals surface area contributed by atoms with Crippen LogP contribution in [0.25, 0.3) is 0 Å². The zero-order chi connectivity index (χ0) is 21.4. The second-order valence-electron chi connectivity index (χ2n) is 8.31. The van der Waals surface area contributed by atoms with E-state index in [4.69, 9.17) is 4.99 Å². The van der Waals surface area contributed by atoms with Gasteiger partial charge in [-0.05, 0) is 48.5 Å².